The van der Waals surface area contributed by atoms with Crippen molar-refractivity contribution >= 4 is 32.6 Å². The number of Topliss-reactive ketones (excluding diaryl/α,β-unsaturated/α-hetero) is 1. The van der Waals surface area contributed by atoms with Crippen LogP contribution in [0.5, 0.6) is 0 Å². The number of fused-ring (bicyclic) bond motifs is 1. The van der Waals surface area contributed by atoms with Crippen LogP contribution in [0.4, 0.5) is 0 Å². The molecule has 1 aromatic heterocycles. The highest BCUT2D eigenvalue weighted by atomic mass is 79.9. The molecule has 0 saturated carbocycles. The zero-order valence-corrected chi connectivity index (χ0v) is 12.8. The van der Waals surface area contributed by atoms with Crippen molar-refractivity contribution in [1.29, 1.82) is 0 Å². The minimum Gasteiger partial charge on any atom is -0.347 e. The van der Waals surface area contributed by atoms with E-state index in [0.717, 1.165) is 22.2 Å². The Morgan fingerprint density at radius 3 is 2.67 bits per heavy atom. The fourth-order valence-electron chi connectivity index (χ4n) is 2.31. The predicted molar refractivity (Wildman–Crippen MR) is 79.7 cm³/mol. The molecule has 0 amide bonds. The molecule has 18 heavy (non-hydrogen) atoms. The van der Waals surface area contributed by atoms with Crippen LogP contribution in [-0.4, -0.2) is 15.7 Å². The van der Waals surface area contributed by atoms with Gasteiger partial charge in [0, 0.05) is 40.5 Å². The van der Waals surface area contributed by atoms with Gasteiger partial charge in [-0.1, -0.05) is 34.5 Å². The number of aryl methyl sites for hydroxylation is 2. The molecule has 0 spiro atoms. The summed E-state index contributed by atoms with van der Waals surface area (Å²) in [7, 11) is 2.02. The maximum Gasteiger partial charge on any atom is 0.168 e. The average molecular weight is 308 g/mol. The highest BCUT2D eigenvalue weighted by molar-refractivity contribution is 9.09. The van der Waals surface area contributed by atoms with Crippen LogP contribution in [-0.2, 0) is 7.05 Å². The second-order valence-electron chi connectivity index (χ2n) is 4.96. The minimum absolute atomic E-state index is 0.00909. The van der Waals surface area contributed by atoms with Crippen LogP contribution in [0.25, 0.3) is 10.9 Å². The standard InChI is InChI=1S/C15H18BrNO/c1-9-5-6-13-12(7-9)14(11(3)17(13)4)15(18)10(2)8-16/h5-7,10H,8H2,1-4H3/t10-/m0/s1. The summed E-state index contributed by atoms with van der Waals surface area (Å²) in [6.45, 7) is 6.04. The molecule has 2 nitrogen and oxygen atoms in total. The van der Waals surface area contributed by atoms with E-state index in [4.69, 9.17) is 0 Å². The van der Waals surface area contributed by atoms with E-state index < -0.39 is 0 Å². The van der Waals surface area contributed by atoms with Crippen LogP contribution in [0.15, 0.2) is 18.2 Å². The number of ketones is 1. The monoisotopic (exact) mass is 307 g/mol. The first-order chi connectivity index (χ1) is 8.47. The van der Waals surface area contributed by atoms with Gasteiger partial charge in [0.05, 0.1) is 0 Å². The molecule has 1 heterocycles. The van der Waals surface area contributed by atoms with E-state index in [-0.39, 0.29) is 11.7 Å². The molecule has 0 saturated heterocycles. The molecule has 1 atom stereocenters. The second kappa shape index (κ2) is 4.88. The van der Waals surface area contributed by atoms with Gasteiger partial charge in [0.2, 0.25) is 0 Å². The number of alkyl halides is 1. The predicted octanol–water partition coefficient (Wildman–Crippen LogP) is 4.01. The summed E-state index contributed by atoms with van der Waals surface area (Å²) in [5.41, 5.74) is 4.24. The summed E-state index contributed by atoms with van der Waals surface area (Å²) < 4.78 is 2.10. The van der Waals surface area contributed by atoms with Crippen LogP contribution >= 0.6 is 15.9 Å². The van der Waals surface area contributed by atoms with E-state index in [1.807, 2.05) is 20.9 Å². The lowest BCUT2D eigenvalue weighted by molar-refractivity contribution is 0.0943. The van der Waals surface area contributed by atoms with Crippen molar-refractivity contribution in [2.45, 2.75) is 20.8 Å². The number of hydrogen-bond acceptors (Lipinski definition) is 1. The summed E-state index contributed by atoms with van der Waals surface area (Å²) in [4.78, 5) is 12.5. The number of halogens is 1. The van der Waals surface area contributed by atoms with Crippen molar-refractivity contribution in [3.63, 3.8) is 0 Å². The van der Waals surface area contributed by atoms with Crippen LogP contribution < -0.4 is 0 Å². The Kier molecular flexibility index (Phi) is 3.62. The van der Waals surface area contributed by atoms with E-state index in [1.54, 1.807) is 0 Å². The number of aromatic nitrogens is 1. The van der Waals surface area contributed by atoms with E-state index in [0.29, 0.717) is 5.33 Å². The second-order valence-corrected chi connectivity index (χ2v) is 5.61. The van der Waals surface area contributed by atoms with Gasteiger partial charge in [-0.05, 0) is 26.0 Å². The average Bonchev–Trinajstić information content (AvgIpc) is 2.60. The molecule has 96 valence electrons. The van der Waals surface area contributed by atoms with Crippen molar-refractivity contribution in [3.8, 4) is 0 Å². The normalized spacial score (nSPS) is 12.9. The molecular weight excluding hydrogens is 290 g/mol. The van der Waals surface area contributed by atoms with Gasteiger partial charge in [0.1, 0.15) is 0 Å². The first kappa shape index (κ1) is 13.3. The first-order valence-corrected chi connectivity index (χ1v) is 7.25. The Morgan fingerprint density at radius 1 is 1.39 bits per heavy atom. The number of carbonyl (C=O) groups is 1. The molecule has 0 aliphatic carbocycles. The van der Waals surface area contributed by atoms with Crippen molar-refractivity contribution in [2.75, 3.05) is 5.33 Å². The van der Waals surface area contributed by atoms with E-state index in [1.165, 1.54) is 5.56 Å². The van der Waals surface area contributed by atoms with Crippen LogP contribution in [0.3, 0.4) is 0 Å². The lowest BCUT2D eigenvalue weighted by Crippen LogP contribution is -2.13. The molecule has 0 fully saturated rings. The Bertz CT molecular complexity index is 612. The molecule has 1 aromatic carbocycles. The van der Waals surface area contributed by atoms with Gasteiger partial charge in [-0.3, -0.25) is 4.79 Å². The smallest absolute Gasteiger partial charge is 0.168 e. The SMILES string of the molecule is Cc1ccc2c(c1)c(C(=O)[C@@H](C)CBr)c(C)n2C. The zero-order valence-electron chi connectivity index (χ0n) is 11.2. The third-order valence-corrected chi connectivity index (χ3v) is 4.54. The number of benzene rings is 1. The van der Waals surface area contributed by atoms with E-state index in [2.05, 4.69) is 45.6 Å². The third kappa shape index (κ3) is 2.01. The Hall–Kier alpha value is -1.09. The summed E-state index contributed by atoms with van der Waals surface area (Å²) in [6.07, 6.45) is 0. The first-order valence-electron chi connectivity index (χ1n) is 6.13. The number of rotatable bonds is 3. The molecular formula is C15H18BrNO. The lowest BCUT2D eigenvalue weighted by atomic mass is 9.98. The maximum absolute atomic E-state index is 12.5. The number of nitrogens with zero attached hydrogens (tertiary/aromatic N) is 1. The van der Waals surface area contributed by atoms with Crippen molar-refractivity contribution in [3.05, 3.63) is 35.0 Å². The van der Waals surface area contributed by atoms with Crippen LogP contribution in [0, 0.1) is 19.8 Å². The molecule has 0 aliphatic heterocycles. The quantitative estimate of drug-likeness (QED) is 0.620. The third-order valence-electron chi connectivity index (χ3n) is 3.57. The van der Waals surface area contributed by atoms with Gasteiger partial charge < -0.3 is 4.57 Å². The molecule has 0 aliphatic rings. The van der Waals surface area contributed by atoms with Gasteiger partial charge in [0.25, 0.3) is 0 Å². The zero-order chi connectivity index (χ0) is 13.4. The highest BCUT2D eigenvalue weighted by Crippen LogP contribution is 2.28. The topological polar surface area (TPSA) is 22.0 Å². The fourth-order valence-corrected chi connectivity index (χ4v) is 2.61. The van der Waals surface area contributed by atoms with Gasteiger partial charge in [-0.25, -0.2) is 0 Å². The van der Waals surface area contributed by atoms with Crippen LogP contribution in [0.1, 0.15) is 28.5 Å². The molecule has 2 aromatic rings. The fraction of sp³-hybridized carbons (Fsp3) is 0.400. The van der Waals surface area contributed by atoms with Crippen LogP contribution in [0.2, 0.25) is 0 Å². The van der Waals surface area contributed by atoms with Crippen molar-refractivity contribution in [1.82, 2.24) is 4.57 Å². The summed E-state index contributed by atoms with van der Waals surface area (Å²) >= 11 is 3.39. The molecule has 0 unspecified atom stereocenters. The maximum atomic E-state index is 12.5. The van der Waals surface area contributed by atoms with Crippen molar-refractivity contribution < 1.29 is 4.79 Å². The largest absolute Gasteiger partial charge is 0.347 e. The molecule has 0 bridgehead atoms. The van der Waals surface area contributed by atoms with E-state index >= 15 is 0 Å². The molecule has 0 N–H and O–H groups in total. The Balaban J connectivity index is 2.73. The van der Waals surface area contributed by atoms with Gasteiger partial charge in [0.15, 0.2) is 5.78 Å². The van der Waals surface area contributed by atoms with Gasteiger partial charge in [-0.15, -0.1) is 0 Å². The van der Waals surface area contributed by atoms with E-state index in [9.17, 15) is 4.79 Å². The van der Waals surface area contributed by atoms with Gasteiger partial charge >= 0.3 is 0 Å². The number of carbonyl (C=O) groups excluding carboxylic acids is 1. The summed E-state index contributed by atoms with van der Waals surface area (Å²) in [5.74, 6) is 0.232. The summed E-state index contributed by atoms with van der Waals surface area (Å²) in [5, 5.41) is 1.78. The summed E-state index contributed by atoms with van der Waals surface area (Å²) in [6, 6.07) is 6.29. The molecule has 0 radical (unpaired) electrons. The number of hydrogen-bond donors (Lipinski definition) is 0. The Morgan fingerprint density at radius 2 is 2.06 bits per heavy atom. The lowest BCUT2D eigenvalue weighted by Gasteiger charge is -2.07. The van der Waals surface area contributed by atoms with Gasteiger partial charge in [-0.2, -0.15) is 0 Å². The Labute approximate surface area is 116 Å². The molecule has 2 rings (SSSR count). The van der Waals surface area contributed by atoms with Crippen molar-refractivity contribution in [2.24, 2.45) is 13.0 Å². The highest BCUT2D eigenvalue weighted by Gasteiger charge is 2.22. The molecule has 3 heteroatoms. The minimum atomic E-state index is 0.00909.